The van der Waals surface area contributed by atoms with Crippen LogP contribution in [0.3, 0.4) is 0 Å². The summed E-state index contributed by atoms with van der Waals surface area (Å²) in [6.07, 6.45) is -4.40. The fourth-order valence-corrected chi connectivity index (χ4v) is 4.61. The number of carboxylic acids is 1. The Morgan fingerprint density at radius 1 is 1.18 bits per heavy atom. The number of ketones is 1. The van der Waals surface area contributed by atoms with E-state index in [0.29, 0.717) is 22.6 Å². The van der Waals surface area contributed by atoms with Crippen molar-refractivity contribution in [1.82, 2.24) is 14.7 Å². The highest BCUT2D eigenvalue weighted by atomic mass is 35.5. The Labute approximate surface area is 225 Å². The molecular weight excluding hydrogens is 539 g/mol. The van der Waals surface area contributed by atoms with Crippen molar-refractivity contribution in [2.75, 3.05) is 6.54 Å². The van der Waals surface area contributed by atoms with Gasteiger partial charge in [-0.05, 0) is 56.1 Å². The fourth-order valence-electron chi connectivity index (χ4n) is 4.49. The molecule has 0 bridgehead atoms. The maximum atomic E-state index is 14.6. The first kappa shape index (κ1) is 28.3. The lowest BCUT2D eigenvalue weighted by molar-refractivity contribution is -0.143. The number of rotatable bonds is 10. The first-order valence-corrected chi connectivity index (χ1v) is 12.3. The molecule has 0 saturated heterocycles. The maximum absolute atomic E-state index is 14.6. The van der Waals surface area contributed by atoms with Crippen molar-refractivity contribution in [2.45, 2.75) is 44.4 Å². The third kappa shape index (κ3) is 5.82. The quantitative estimate of drug-likeness (QED) is 0.238. The molecule has 0 amide bonds. The van der Waals surface area contributed by atoms with Crippen LogP contribution in [0.4, 0.5) is 13.2 Å². The molecule has 0 aliphatic rings. The summed E-state index contributed by atoms with van der Waals surface area (Å²) in [4.78, 5) is 29.1. The van der Waals surface area contributed by atoms with Gasteiger partial charge in [0.25, 0.3) is 0 Å². The smallest absolute Gasteiger partial charge is 0.432 e. The van der Waals surface area contributed by atoms with Crippen molar-refractivity contribution in [3.05, 3.63) is 81.6 Å². The number of nitrogens with two attached hydrogens (primary N) is 2. The summed E-state index contributed by atoms with van der Waals surface area (Å²) in [6, 6.07) is 9.54. The molecule has 39 heavy (non-hydrogen) atoms. The Bertz CT molecular complexity index is 1510. The second-order valence-electron chi connectivity index (χ2n) is 9.14. The lowest BCUT2D eigenvalue weighted by atomic mass is 9.95. The van der Waals surface area contributed by atoms with E-state index in [0.717, 1.165) is 4.57 Å². The number of alkyl halides is 3. The Kier molecular flexibility index (Phi) is 8.09. The minimum absolute atomic E-state index is 0.0644. The highest BCUT2D eigenvalue weighted by molar-refractivity contribution is 6.30. The Balaban J connectivity index is 1.86. The lowest BCUT2D eigenvalue weighted by Crippen LogP contribution is -2.37. The van der Waals surface area contributed by atoms with Gasteiger partial charge in [-0.15, -0.1) is 0 Å². The van der Waals surface area contributed by atoms with Crippen LogP contribution in [0.2, 0.25) is 5.02 Å². The number of aryl methyl sites for hydroxylation is 1. The van der Waals surface area contributed by atoms with Gasteiger partial charge < -0.3 is 25.7 Å². The van der Waals surface area contributed by atoms with Gasteiger partial charge in [-0.25, -0.2) is 0 Å². The topological polar surface area (TPSA) is 150 Å². The van der Waals surface area contributed by atoms with E-state index in [1.165, 1.54) is 12.1 Å². The minimum Gasteiger partial charge on any atom is -0.480 e. The van der Waals surface area contributed by atoms with Crippen LogP contribution in [-0.4, -0.2) is 44.2 Å². The first-order chi connectivity index (χ1) is 18.4. The molecule has 5 N–H and O–H groups in total. The number of carbonyl (C=O) groups excluding carboxylic acids is 1. The van der Waals surface area contributed by atoms with E-state index >= 15 is 0 Å². The van der Waals surface area contributed by atoms with Gasteiger partial charge in [-0.3, -0.25) is 9.59 Å². The van der Waals surface area contributed by atoms with Gasteiger partial charge in [0.05, 0.1) is 11.5 Å². The zero-order chi connectivity index (χ0) is 28.5. The van der Waals surface area contributed by atoms with E-state index in [4.69, 9.17) is 27.6 Å². The number of benzene rings is 2. The van der Waals surface area contributed by atoms with Gasteiger partial charge in [0.15, 0.2) is 0 Å². The van der Waals surface area contributed by atoms with E-state index in [1.807, 2.05) is 0 Å². The number of hydrogen-bond donors (Lipinski definition) is 3. The molecule has 206 valence electrons. The normalized spacial score (nSPS) is 13.5. The number of aromatic nitrogens is 3. The summed E-state index contributed by atoms with van der Waals surface area (Å²) >= 11 is 5.93. The van der Waals surface area contributed by atoms with E-state index in [-0.39, 0.29) is 36.3 Å². The van der Waals surface area contributed by atoms with Crippen LogP contribution in [0.1, 0.15) is 57.7 Å². The highest BCUT2D eigenvalue weighted by Gasteiger charge is 2.42. The van der Waals surface area contributed by atoms with Crippen LogP contribution in [0, 0.1) is 6.92 Å². The Morgan fingerprint density at radius 2 is 1.87 bits per heavy atom. The molecule has 0 spiro atoms. The highest BCUT2D eigenvalue weighted by Crippen LogP contribution is 2.40. The predicted molar refractivity (Wildman–Crippen MR) is 137 cm³/mol. The van der Waals surface area contributed by atoms with Gasteiger partial charge in [0, 0.05) is 22.5 Å². The molecule has 4 rings (SSSR count). The summed E-state index contributed by atoms with van der Waals surface area (Å²) < 4.78 is 50.0. The van der Waals surface area contributed by atoms with Crippen molar-refractivity contribution in [3.8, 4) is 0 Å². The van der Waals surface area contributed by atoms with Gasteiger partial charge in [0.2, 0.25) is 17.5 Å². The van der Waals surface area contributed by atoms with Crippen LogP contribution in [0.15, 0.2) is 47.0 Å². The number of carboxylic acid groups (broad SMARTS) is 1. The third-order valence-corrected chi connectivity index (χ3v) is 6.62. The molecule has 2 aromatic carbocycles. The molecule has 13 heteroatoms. The molecule has 0 aliphatic carbocycles. The maximum Gasteiger partial charge on any atom is 0.432 e. The van der Waals surface area contributed by atoms with Crippen molar-refractivity contribution < 1.29 is 32.4 Å². The summed E-state index contributed by atoms with van der Waals surface area (Å²) in [5.41, 5.74) is 10.8. The number of aliphatic carboxylic acids is 1. The monoisotopic (exact) mass is 563 g/mol. The van der Waals surface area contributed by atoms with E-state index < -0.39 is 47.0 Å². The summed E-state index contributed by atoms with van der Waals surface area (Å²) in [7, 11) is 0. The number of hydrogen-bond acceptors (Lipinski definition) is 7. The SMILES string of the molecule is Cc1ccc2c(c1)c(C(=O)c1noc(C(CCCN)[C@H](N)C(=O)O)n1)c(C(F)(F)F)n2Cc1ccc(Cl)cc1. The molecule has 0 fully saturated rings. The Morgan fingerprint density at radius 3 is 2.49 bits per heavy atom. The molecule has 2 heterocycles. The molecule has 0 aliphatic heterocycles. The van der Waals surface area contributed by atoms with Gasteiger partial charge in [-0.1, -0.05) is 40.5 Å². The molecule has 0 radical (unpaired) electrons. The van der Waals surface area contributed by atoms with E-state index in [1.54, 1.807) is 37.3 Å². The predicted octanol–water partition coefficient (Wildman–Crippen LogP) is 4.52. The number of carbonyl (C=O) groups is 2. The van der Waals surface area contributed by atoms with Crippen LogP contribution < -0.4 is 11.5 Å². The summed E-state index contributed by atoms with van der Waals surface area (Å²) in [6.45, 7) is 1.73. The third-order valence-electron chi connectivity index (χ3n) is 6.37. The standard InChI is InChI=1S/C26H25ClF3N5O4/c1-13-4-9-18-17(11-13)19(22(26(28,29)30)35(18)12-14-5-7-15(27)8-6-14)21(36)23-33-24(39-34-23)16(3-2-10-31)20(32)25(37)38/h4-9,11,16,20H,2-3,10,12,31-32H2,1H3,(H,37,38)/t16?,20-/m0/s1. The van der Waals surface area contributed by atoms with Crippen LogP contribution in [-0.2, 0) is 17.5 Å². The largest absolute Gasteiger partial charge is 0.480 e. The zero-order valence-electron chi connectivity index (χ0n) is 20.7. The van der Waals surface area contributed by atoms with Crippen LogP contribution in [0.5, 0.6) is 0 Å². The number of fused-ring (bicyclic) bond motifs is 1. The number of nitrogens with zero attached hydrogens (tertiary/aromatic N) is 3. The molecule has 1 unspecified atom stereocenters. The molecule has 4 aromatic rings. The zero-order valence-corrected chi connectivity index (χ0v) is 21.5. The second kappa shape index (κ2) is 11.2. The van der Waals surface area contributed by atoms with E-state index in [9.17, 15) is 27.9 Å². The van der Waals surface area contributed by atoms with Gasteiger partial charge in [-0.2, -0.15) is 18.2 Å². The first-order valence-electron chi connectivity index (χ1n) is 11.9. The average Bonchev–Trinajstić information content (AvgIpc) is 3.48. The van der Waals surface area contributed by atoms with Crippen molar-refractivity contribution in [2.24, 2.45) is 11.5 Å². The molecular formula is C26H25ClF3N5O4. The molecule has 2 aromatic heterocycles. The van der Waals surface area contributed by atoms with Crippen molar-refractivity contribution in [3.63, 3.8) is 0 Å². The summed E-state index contributed by atoms with van der Waals surface area (Å²) in [5, 5.41) is 13.5. The Hall–Kier alpha value is -3.74. The fraction of sp³-hybridized carbons (Fsp3) is 0.308. The number of halogens is 4. The van der Waals surface area contributed by atoms with Crippen molar-refractivity contribution in [1.29, 1.82) is 0 Å². The summed E-state index contributed by atoms with van der Waals surface area (Å²) in [5.74, 6) is -4.36. The minimum atomic E-state index is -4.92. The molecule has 2 atom stereocenters. The molecule has 0 saturated carbocycles. The molecule has 9 nitrogen and oxygen atoms in total. The van der Waals surface area contributed by atoms with E-state index in [2.05, 4.69) is 10.1 Å². The second-order valence-corrected chi connectivity index (χ2v) is 9.58. The van der Waals surface area contributed by atoms with Gasteiger partial charge >= 0.3 is 12.1 Å². The van der Waals surface area contributed by atoms with Gasteiger partial charge in [0.1, 0.15) is 11.7 Å². The van der Waals surface area contributed by atoms with Crippen LogP contribution in [0.25, 0.3) is 10.9 Å². The lowest BCUT2D eigenvalue weighted by Gasteiger charge is -2.16. The van der Waals surface area contributed by atoms with Crippen LogP contribution >= 0.6 is 11.6 Å². The average molecular weight is 564 g/mol. The van der Waals surface area contributed by atoms with Crippen molar-refractivity contribution >= 4 is 34.3 Å².